The van der Waals surface area contributed by atoms with Gasteiger partial charge >= 0.3 is 0 Å². The fourth-order valence-electron chi connectivity index (χ4n) is 2.07. The molecule has 2 heterocycles. The Morgan fingerprint density at radius 3 is 2.28 bits per heavy atom. The van der Waals surface area contributed by atoms with Gasteiger partial charge in [0.05, 0.1) is 0 Å². The highest BCUT2D eigenvalue weighted by atomic mass is 32.2. The van der Waals surface area contributed by atoms with Gasteiger partial charge in [-0.1, -0.05) is 42.1 Å². The molecular weight excluding hydrogens is 336 g/mol. The summed E-state index contributed by atoms with van der Waals surface area (Å²) in [6.45, 7) is 5.43. The van der Waals surface area contributed by atoms with E-state index < -0.39 is 0 Å². The first kappa shape index (κ1) is 17.2. The van der Waals surface area contributed by atoms with Gasteiger partial charge in [0.25, 0.3) is 5.95 Å². The predicted octanol–water partition coefficient (Wildman–Crippen LogP) is 2.61. The summed E-state index contributed by atoms with van der Waals surface area (Å²) in [4.78, 5) is 17.4. The predicted molar refractivity (Wildman–Crippen MR) is 99.1 cm³/mol. The molecule has 0 bridgehead atoms. The minimum Gasteiger partial charge on any atom is -0.354 e. The zero-order chi connectivity index (χ0) is 17.5. The number of nitrogens with one attached hydrogen (secondary N) is 2. The smallest absolute Gasteiger partial charge is 0.258 e. The Bertz CT molecular complexity index is 781. The molecule has 8 nitrogen and oxygen atoms in total. The molecule has 1 aromatic carbocycles. The molecule has 2 aromatic heterocycles. The molecule has 3 aromatic rings. The molecule has 0 aliphatic heterocycles. The second-order valence-electron chi connectivity index (χ2n) is 5.09. The SMILES string of the molecule is CCNc1nc(NCC)nc(-n2cnc(SCc3ccccc3)n2)n1. The minimum absolute atomic E-state index is 0.431. The average Bonchev–Trinajstić information content (AvgIpc) is 3.10. The van der Waals surface area contributed by atoms with Crippen LogP contribution < -0.4 is 10.6 Å². The largest absolute Gasteiger partial charge is 0.354 e. The lowest BCUT2D eigenvalue weighted by Gasteiger charge is -2.07. The second-order valence-corrected chi connectivity index (χ2v) is 6.03. The number of anilines is 2. The van der Waals surface area contributed by atoms with Crippen molar-refractivity contribution in [2.45, 2.75) is 24.8 Å². The van der Waals surface area contributed by atoms with Gasteiger partial charge in [-0.2, -0.15) is 19.6 Å². The lowest BCUT2D eigenvalue weighted by Crippen LogP contribution is -2.12. The van der Waals surface area contributed by atoms with Gasteiger partial charge in [0.15, 0.2) is 0 Å². The number of rotatable bonds is 8. The Balaban J connectivity index is 1.76. The van der Waals surface area contributed by atoms with Crippen LogP contribution in [0.4, 0.5) is 11.9 Å². The Kier molecular flexibility index (Phi) is 5.78. The second kappa shape index (κ2) is 8.43. The topological polar surface area (TPSA) is 93.4 Å². The van der Waals surface area contributed by atoms with E-state index in [4.69, 9.17) is 0 Å². The van der Waals surface area contributed by atoms with Gasteiger partial charge in [0, 0.05) is 18.8 Å². The van der Waals surface area contributed by atoms with E-state index in [1.807, 2.05) is 32.0 Å². The summed E-state index contributed by atoms with van der Waals surface area (Å²) >= 11 is 1.57. The van der Waals surface area contributed by atoms with E-state index in [0.717, 1.165) is 18.8 Å². The van der Waals surface area contributed by atoms with Gasteiger partial charge < -0.3 is 10.6 Å². The monoisotopic (exact) mass is 356 g/mol. The van der Waals surface area contributed by atoms with Crippen molar-refractivity contribution in [1.82, 2.24) is 29.7 Å². The Morgan fingerprint density at radius 1 is 0.960 bits per heavy atom. The van der Waals surface area contributed by atoms with Crippen molar-refractivity contribution in [3.8, 4) is 5.95 Å². The molecule has 0 amide bonds. The van der Waals surface area contributed by atoms with Crippen LogP contribution in [0.1, 0.15) is 19.4 Å². The van der Waals surface area contributed by atoms with Crippen molar-refractivity contribution >= 4 is 23.7 Å². The van der Waals surface area contributed by atoms with Crippen LogP contribution in [0.15, 0.2) is 41.8 Å². The highest BCUT2D eigenvalue weighted by Gasteiger charge is 2.10. The highest BCUT2D eigenvalue weighted by Crippen LogP contribution is 2.19. The van der Waals surface area contributed by atoms with Crippen LogP contribution in [0.5, 0.6) is 0 Å². The molecule has 3 rings (SSSR count). The zero-order valence-electron chi connectivity index (χ0n) is 14.2. The quantitative estimate of drug-likeness (QED) is 0.595. The molecule has 130 valence electrons. The maximum Gasteiger partial charge on any atom is 0.258 e. The van der Waals surface area contributed by atoms with Gasteiger partial charge in [-0.25, -0.2) is 4.98 Å². The third-order valence-corrected chi connectivity index (χ3v) is 4.10. The molecule has 0 fully saturated rings. The summed E-state index contributed by atoms with van der Waals surface area (Å²) in [7, 11) is 0. The number of aromatic nitrogens is 6. The minimum atomic E-state index is 0.431. The van der Waals surface area contributed by atoms with Crippen LogP contribution in [-0.4, -0.2) is 42.8 Å². The van der Waals surface area contributed by atoms with Crippen molar-refractivity contribution in [2.75, 3.05) is 23.7 Å². The lowest BCUT2D eigenvalue weighted by molar-refractivity contribution is 0.770. The molecule has 9 heteroatoms. The molecular formula is C16H20N8S. The van der Waals surface area contributed by atoms with Crippen LogP contribution in [0.2, 0.25) is 0 Å². The first-order chi connectivity index (χ1) is 12.3. The fraction of sp³-hybridized carbons (Fsp3) is 0.312. The molecule has 0 aliphatic carbocycles. The van der Waals surface area contributed by atoms with E-state index >= 15 is 0 Å². The number of nitrogens with zero attached hydrogens (tertiary/aromatic N) is 6. The van der Waals surface area contributed by atoms with Gasteiger partial charge in [-0.05, 0) is 19.4 Å². The van der Waals surface area contributed by atoms with E-state index in [-0.39, 0.29) is 0 Å². The third kappa shape index (κ3) is 4.66. The lowest BCUT2D eigenvalue weighted by atomic mass is 10.2. The summed E-state index contributed by atoms with van der Waals surface area (Å²) < 4.78 is 1.57. The van der Waals surface area contributed by atoms with Crippen molar-refractivity contribution in [2.24, 2.45) is 0 Å². The standard InChI is InChI=1S/C16H20N8S/c1-3-17-13-20-14(18-4-2)22-15(21-13)24-11-19-16(23-24)25-10-12-8-6-5-7-9-12/h5-9,11H,3-4,10H2,1-2H3,(H2,17,18,20,21,22). The number of benzene rings is 1. The van der Waals surface area contributed by atoms with Crippen molar-refractivity contribution < 1.29 is 0 Å². The first-order valence-corrected chi connectivity index (χ1v) is 9.09. The van der Waals surface area contributed by atoms with E-state index in [1.54, 1.807) is 22.8 Å². The van der Waals surface area contributed by atoms with Crippen molar-refractivity contribution in [3.63, 3.8) is 0 Å². The summed E-state index contributed by atoms with van der Waals surface area (Å²) in [6, 6.07) is 10.2. The van der Waals surface area contributed by atoms with E-state index in [0.29, 0.717) is 23.0 Å². The number of thioether (sulfide) groups is 1. The fourth-order valence-corrected chi connectivity index (χ4v) is 2.83. The molecule has 25 heavy (non-hydrogen) atoms. The molecule has 2 N–H and O–H groups in total. The summed E-state index contributed by atoms with van der Waals surface area (Å²) in [5.41, 5.74) is 1.23. The molecule has 0 saturated heterocycles. The number of hydrogen-bond acceptors (Lipinski definition) is 8. The van der Waals surface area contributed by atoms with Gasteiger partial charge in [-0.3, -0.25) is 0 Å². The van der Waals surface area contributed by atoms with Crippen LogP contribution in [0.3, 0.4) is 0 Å². The van der Waals surface area contributed by atoms with Crippen LogP contribution in [-0.2, 0) is 5.75 Å². The molecule has 0 radical (unpaired) electrons. The van der Waals surface area contributed by atoms with Gasteiger partial charge in [-0.15, -0.1) is 5.10 Å². The van der Waals surface area contributed by atoms with Crippen LogP contribution in [0.25, 0.3) is 5.95 Å². The zero-order valence-corrected chi connectivity index (χ0v) is 15.0. The van der Waals surface area contributed by atoms with E-state index in [1.165, 1.54) is 5.56 Å². The maximum absolute atomic E-state index is 4.46. The van der Waals surface area contributed by atoms with E-state index in [2.05, 4.69) is 47.8 Å². The van der Waals surface area contributed by atoms with Crippen LogP contribution >= 0.6 is 11.8 Å². The molecule has 0 unspecified atom stereocenters. The first-order valence-electron chi connectivity index (χ1n) is 8.11. The average molecular weight is 356 g/mol. The van der Waals surface area contributed by atoms with E-state index in [9.17, 15) is 0 Å². The summed E-state index contributed by atoms with van der Waals surface area (Å²) in [5.74, 6) is 2.27. The van der Waals surface area contributed by atoms with Gasteiger partial charge in [0.2, 0.25) is 17.1 Å². The van der Waals surface area contributed by atoms with Crippen LogP contribution in [0, 0.1) is 0 Å². The summed E-state index contributed by atoms with van der Waals surface area (Å²) in [5, 5.41) is 11.3. The molecule has 0 spiro atoms. The third-order valence-electron chi connectivity index (χ3n) is 3.18. The van der Waals surface area contributed by atoms with Gasteiger partial charge in [0.1, 0.15) is 6.33 Å². The maximum atomic E-state index is 4.46. The van der Waals surface area contributed by atoms with Crippen molar-refractivity contribution in [1.29, 1.82) is 0 Å². The normalized spacial score (nSPS) is 10.6. The molecule has 0 atom stereocenters. The van der Waals surface area contributed by atoms with Crippen molar-refractivity contribution in [3.05, 3.63) is 42.2 Å². The number of hydrogen-bond donors (Lipinski definition) is 2. The Morgan fingerprint density at radius 2 is 1.64 bits per heavy atom. The molecule has 0 saturated carbocycles. The Labute approximate surface area is 150 Å². The summed E-state index contributed by atoms with van der Waals surface area (Å²) in [6.07, 6.45) is 1.62. The highest BCUT2D eigenvalue weighted by molar-refractivity contribution is 7.98. The Hall–Kier alpha value is -2.68. The molecule has 0 aliphatic rings.